The Balaban J connectivity index is 2.09. The number of para-hydroxylation sites is 2. The van der Waals surface area contributed by atoms with Gasteiger partial charge in [-0.05, 0) is 18.2 Å². The molecule has 2 aromatic rings. The molecule has 1 aliphatic rings. The first-order chi connectivity index (χ1) is 10.1. The smallest absolute Gasteiger partial charge is 0.276 e. The highest BCUT2D eigenvalue weighted by Crippen LogP contribution is 2.35. The normalized spacial score (nSPS) is 17.1. The van der Waals surface area contributed by atoms with Gasteiger partial charge in [0.1, 0.15) is 6.17 Å². The van der Waals surface area contributed by atoms with Gasteiger partial charge in [-0.2, -0.15) is 0 Å². The zero-order valence-electron chi connectivity index (χ0n) is 11.3. The van der Waals surface area contributed by atoms with Gasteiger partial charge in [-0.3, -0.25) is 14.9 Å². The van der Waals surface area contributed by atoms with Crippen LogP contribution in [0, 0.1) is 10.1 Å². The molecule has 0 bridgehead atoms. The Hall–Kier alpha value is -2.89. The first-order valence-corrected chi connectivity index (χ1v) is 6.45. The molecule has 0 fully saturated rings. The van der Waals surface area contributed by atoms with Crippen LogP contribution in [0.3, 0.4) is 0 Å². The fraction of sp³-hybridized carbons (Fsp3) is 0.133. The molecule has 21 heavy (non-hydrogen) atoms. The summed E-state index contributed by atoms with van der Waals surface area (Å²) in [6, 6.07) is 13.6. The zero-order valence-corrected chi connectivity index (χ0v) is 11.3. The average Bonchev–Trinajstić information content (AvgIpc) is 2.51. The van der Waals surface area contributed by atoms with Crippen LogP contribution in [0.2, 0.25) is 0 Å². The zero-order chi connectivity index (χ0) is 15.0. The van der Waals surface area contributed by atoms with E-state index in [1.165, 1.54) is 11.0 Å². The van der Waals surface area contributed by atoms with E-state index in [0.717, 1.165) is 0 Å². The number of anilines is 1. The average molecular weight is 283 g/mol. The number of hydrogen-bond acceptors (Lipinski definition) is 4. The van der Waals surface area contributed by atoms with Crippen LogP contribution >= 0.6 is 0 Å². The number of carbonyl (C=O) groups is 1. The summed E-state index contributed by atoms with van der Waals surface area (Å²) in [6.45, 7) is 0. The Morgan fingerprint density at radius 1 is 1.14 bits per heavy atom. The van der Waals surface area contributed by atoms with Crippen molar-refractivity contribution in [3.63, 3.8) is 0 Å². The maximum Gasteiger partial charge on any atom is 0.276 e. The topological polar surface area (TPSA) is 75.5 Å². The van der Waals surface area contributed by atoms with Crippen molar-refractivity contribution >= 4 is 17.3 Å². The van der Waals surface area contributed by atoms with Gasteiger partial charge in [0.05, 0.1) is 16.1 Å². The first kappa shape index (κ1) is 13.1. The lowest BCUT2D eigenvalue weighted by Gasteiger charge is -2.35. The van der Waals surface area contributed by atoms with Crippen LogP contribution in [0.25, 0.3) is 0 Å². The molecule has 0 aliphatic carbocycles. The van der Waals surface area contributed by atoms with Crippen molar-refractivity contribution in [3.05, 3.63) is 69.8 Å². The fourth-order valence-electron chi connectivity index (χ4n) is 2.52. The van der Waals surface area contributed by atoms with Crippen molar-refractivity contribution in [1.82, 2.24) is 4.90 Å². The lowest BCUT2D eigenvalue weighted by molar-refractivity contribution is -0.385. The van der Waals surface area contributed by atoms with Gasteiger partial charge < -0.3 is 10.2 Å². The maximum atomic E-state index is 12.4. The standard InChI is InChI=1S/C15H13N3O3/c1-17-14(11-7-3-5-9-13(11)18(20)21)16-12-8-4-2-6-10(12)15(17)19/h2-9,14,16H,1H3. The summed E-state index contributed by atoms with van der Waals surface area (Å²) in [5.41, 5.74) is 1.71. The van der Waals surface area contributed by atoms with E-state index in [1.54, 1.807) is 43.4 Å². The Labute approximate surface area is 121 Å². The maximum absolute atomic E-state index is 12.4. The Morgan fingerprint density at radius 2 is 1.81 bits per heavy atom. The molecule has 1 amide bonds. The van der Waals surface area contributed by atoms with Gasteiger partial charge in [0.2, 0.25) is 0 Å². The number of nitrogens with one attached hydrogen (secondary N) is 1. The highest BCUT2D eigenvalue weighted by atomic mass is 16.6. The summed E-state index contributed by atoms with van der Waals surface area (Å²) >= 11 is 0. The summed E-state index contributed by atoms with van der Waals surface area (Å²) in [5, 5.41) is 14.4. The van der Waals surface area contributed by atoms with Crippen molar-refractivity contribution in [2.75, 3.05) is 12.4 Å². The third-order valence-electron chi connectivity index (χ3n) is 3.59. The van der Waals surface area contributed by atoms with E-state index in [-0.39, 0.29) is 11.6 Å². The quantitative estimate of drug-likeness (QED) is 0.679. The van der Waals surface area contributed by atoms with Crippen LogP contribution in [0.15, 0.2) is 48.5 Å². The number of nitro benzene ring substituents is 1. The lowest BCUT2D eigenvalue weighted by Crippen LogP contribution is -2.40. The molecular weight excluding hydrogens is 270 g/mol. The van der Waals surface area contributed by atoms with Crippen LogP contribution in [0.4, 0.5) is 11.4 Å². The SMILES string of the molecule is CN1C(=O)c2ccccc2NC1c1ccccc1[N+](=O)[O-]. The number of amides is 1. The minimum Gasteiger partial charge on any atom is -0.361 e. The molecule has 2 aromatic carbocycles. The Bertz CT molecular complexity index is 730. The molecule has 0 spiro atoms. The van der Waals surface area contributed by atoms with Gasteiger partial charge >= 0.3 is 0 Å². The molecule has 0 aromatic heterocycles. The van der Waals surface area contributed by atoms with Gasteiger partial charge in [0.25, 0.3) is 11.6 Å². The summed E-state index contributed by atoms with van der Waals surface area (Å²) in [6.07, 6.45) is -0.561. The molecule has 6 heteroatoms. The third-order valence-corrected chi connectivity index (χ3v) is 3.59. The molecule has 1 aliphatic heterocycles. The second-order valence-corrected chi connectivity index (χ2v) is 4.82. The highest BCUT2D eigenvalue weighted by molar-refractivity contribution is 6.01. The molecule has 106 valence electrons. The van der Waals surface area contributed by atoms with Crippen LogP contribution in [-0.2, 0) is 0 Å². The molecular formula is C15H13N3O3. The van der Waals surface area contributed by atoms with Crippen molar-refractivity contribution < 1.29 is 9.72 Å². The van der Waals surface area contributed by atoms with Gasteiger partial charge in [0.15, 0.2) is 0 Å². The Kier molecular flexibility index (Phi) is 3.06. The second-order valence-electron chi connectivity index (χ2n) is 4.82. The minimum atomic E-state index is -0.561. The van der Waals surface area contributed by atoms with E-state index in [4.69, 9.17) is 0 Å². The van der Waals surface area contributed by atoms with E-state index < -0.39 is 11.1 Å². The van der Waals surface area contributed by atoms with Crippen molar-refractivity contribution in [2.45, 2.75) is 6.17 Å². The summed E-state index contributed by atoms with van der Waals surface area (Å²) < 4.78 is 0. The summed E-state index contributed by atoms with van der Waals surface area (Å²) in [7, 11) is 1.63. The Morgan fingerprint density at radius 3 is 2.57 bits per heavy atom. The van der Waals surface area contributed by atoms with Crippen LogP contribution in [0.1, 0.15) is 22.1 Å². The van der Waals surface area contributed by atoms with Gasteiger partial charge in [0, 0.05) is 18.8 Å². The van der Waals surface area contributed by atoms with Crippen molar-refractivity contribution in [1.29, 1.82) is 0 Å². The number of rotatable bonds is 2. The fourth-order valence-corrected chi connectivity index (χ4v) is 2.52. The predicted octanol–water partition coefficient (Wildman–Crippen LogP) is 2.79. The van der Waals surface area contributed by atoms with Crippen molar-refractivity contribution in [3.8, 4) is 0 Å². The first-order valence-electron chi connectivity index (χ1n) is 6.45. The highest BCUT2D eigenvalue weighted by Gasteiger charge is 2.33. The molecule has 0 saturated heterocycles. The number of nitrogens with zero attached hydrogens (tertiary/aromatic N) is 2. The van der Waals surface area contributed by atoms with E-state index in [9.17, 15) is 14.9 Å². The van der Waals surface area contributed by atoms with Crippen LogP contribution < -0.4 is 5.32 Å². The van der Waals surface area contributed by atoms with Gasteiger partial charge in [-0.1, -0.05) is 24.3 Å². The van der Waals surface area contributed by atoms with E-state index >= 15 is 0 Å². The van der Waals surface area contributed by atoms with Gasteiger partial charge in [-0.25, -0.2) is 0 Å². The molecule has 1 unspecified atom stereocenters. The molecule has 6 nitrogen and oxygen atoms in total. The number of hydrogen-bond donors (Lipinski definition) is 1. The van der Waals surface area contributed by atoms with Crippen LogP contribution in [-0.4, -0.2) is 22.8 Å². The molecule has 0 saturated carbocycles. The molecule has 3 rings (SSSR count). The molecule has 0 radical (unpaired) electrons. The largest absolute Gasteiger partial charge is 0.361 e. The predicted molar refractivity (Wildman–Crippen MR) is 78.0 cm³/mol. The third kappa shape index (κ3) is 2.10. The van der Waals surface area contributed by atoms with Gasteiger partial charge in [-0.15, -0.1) is 0 Å². The number of carbonyl (C=O) groups excluding carboxylic acids is 1. The number of nitro groups is 1. The van der Waals surface area contributed by atoms with E-state index in [2.05, 4.69) is 5.32 Å². The summed E-state index contributed by atoms with van der Waals surface area (Å²) in [4.78, 5) is 24.6. The monoisotopic (exact) mass is 283 g/mol. The van der Waals surface area contributed by atoms with Crippen LogP contribution in [0.5, 0.6) is 0 Å². The summed E-state index contributed by atoms with van der Waals surface area (Å²) in [5.74, 6) is -0.160. The van der Waals surface area contributed by atoms with Crippen molar-refractivity contribution in [2.24, 2.45) is 0 Å². The molecule has 1 heterocycles. The van der Waals surface area contributed by atoms with E-state index in [0.29, 0.717) is 16.8 Å². The lowest BCUT2D eigenvalue weighted by atomic mass is 10.0. The molecule has 1 N–H and O–H groups in total. The number of fused-ring (bicyclic) bond motifs is 1. The number of benzene rings is 2. The second kappa shape index (κ2) is 4.90. The minimum absolute atomic E-state index is 0.00553. The van der Waals surface area contributed by atoms with E-state index in [1.807, 2.05) is 6.07 Å². The molecule has 1 atom stereocenters.